The van der Waals surface area contributed by atoms with Crippen molar-refractivity contribution in [3.8, 4) is 5.75 Å². The Labute approximate surface area is 93.6 Å². The number of halogens is 1. The van der Waals surface area contributed by atoms with Crippen LogP contribution in [0.15, 0.2) is 18.2 Å². The predicted octanol–water partition coefficient (Wildman–Crippen LogP) is 3.60. The fraction of sp³-hybridized carbons (Fsp3) is 0.455. The van der Waals surface area contributed by atoms with E-state index >= 15 is 0 Å². The first-order valence-electron chi connectivity index (χ1n) is 4.29. The van der Waals surface area contributed by atoms with Crippen LogP contribution in [-0.2, 0) is 5.41 Å². The molecule has 0 amide bonds. The first-order chi connectivity index (χ1) is 5.95. The maximum Gasteiger partial charge on any atom is 0.119 e. The molecule has 1 aromatic carbocycles. The van der Waals surface area contributed by atoms with Crippen LogP contribution < -0.4 is 4.74 Å². The maximum atomic E-state index is 5.16. The second-order valence-corrected chi connectivity index (χ2v) is 5.26. The number of hydrogen-bond donors (Lipinski definition) is 0. The Balaban J connectivity index is 3.13. The van der Waals surface area contributed by atoms with Crippen molar-refractivity contribution in [2.24, 2.45) is 0 Å². The van der Waals surface area contributed by atoms with Crippen molar-refractivity contribution in [1.82, 2.24) is 0 Å². The van der Waals surface area contributed by atoms with Crippen LogP contribution in [-0.4, -0.2) is 7.11 Å². The molecule has 0 atom stereocenters. The van der Waals surface area contributed by atoms with Gasteiger partial charge in [0, 0.05) is 3.57 Å². The summed E-state index contributed by atoms with van der Waals surface area (Å²) in [5.74, 6) is 0.928. The molecule has 0 saturated heterocycles. The van der Waals surface area contributed by atoms with E-state index in [0.29, 0.717) is 0 Å². The summed E-state index contributed by atoms with van der Waals surface area (Å²) in [7, 11) is 1.70. The van der Waals surface area contributed by atoms with E-state index in [2.05, 4.69) is 55.5 Å². The highest BCUT2D eigenvalue weighted by Gasteiger charge is 2.16. The van der Waals surface area contributed by atoms with Gasteiger partial charge in [-0.05, 0) is 45.7 Å². The van der Waals surface area contributed by atoms with Gasteiger partial charge in [-0.2, -0.15) is 0 Å². The molecule has 0 unspecified atom stereocenters. The maximum absolute atomic E-state index is 5.16. The van der Waals surface area contributed by atoms with Gasteiger partial charge < -0.3 is 4.74 Å². The van der Waals surface area contributed by atoms with E-state index in [1.54, 1.807) is 7.11 Å². The summed E-state index contributed by atoms with van der Waals surface area (Å²) in [6.45, 7) is 6.66. The van der Waals surface area contributed by atoms with Crippen LogP contribution in [0.25, 0.3) is 0 Å². The second-order valence-electron chi connectivity index (χ2n) is 4.10. The molecule has 0 heterocycles. The third-order valence-electron chi connectivity index (χ3n) is 1.98. The second kappa shape index (κ2) is 3.86. The van der Waals surface area contributed by atoms with Crippen molar-refractivity contribution >= 4 is 22.6 Å². The molecular weight excluding hydrogens is 275 g/mol. The Morgan fingerprint density at radius 2 is 1.85 bits per heavy atom. The lowest BCUT2D eigenvalue weighted by Crippen LogP contribution is -2.12. The number of benzene rings is 1. The number of hydrogen-bond acceptors (Lipinski definition) is 1. The van der Waals surface area contributed by atoms with Crippen molar-refractivity contribution < 1.29 is 4.74 Å². The van der Waals surface area contributed by atoms with E-state index in [1.807, 2.05) is 6.07 Å². The zero-order chi connectivity index (χ0) is 10.1. The Kier molecular flexibility index (Phi) is 3.22. The van der Waals surface area contributed by atoms with Crippen molar-refractivity contribution in [2.45, 2.75) is 26.2 Å². The highest BCUT2D eigenvalue weighted by Crippen LogP contribution is 2.29. The molecule has 72 valence electrons. The van der Waals surface area contributed by atoms with E-state index in [9.17, 15) is 0 Å². The zero-order valence-corrected chi connectivity index (χ0v) is 10.7. The summed E-state index contributed by atoms with van der Waals surface area (Å²) >= 11 is 2.35. The van der Waals surface area contributed by atoms with Crippen LogP contribution in [0, 0.1) is 3.57 Å². The van der Waals surface area contributed by atoms with Gasteiger partial charge in [0.15, 0.2) is 0 Å². The van der Waals surface area contributed by atoms with E-state index in [0.717, 1.165) is 5.75 Å². The number of ether oxygens (including phenoxy) is 1. The van der Waals surface area contributed by atoms with Gasteiger partial charge in [-0.3, -0.25) is 0 Å². The van der Waals surface area contributed by atoms with Gasteiger partial charge in [0.25, 0.3) is 0 Å². The minimum absolute atomic E-state index is 0.211. The molecule has 1 aromatic rings. The quantitative estimate of drug-likeness (QED) is 0.718. The summed E-state index contributed by atoms with van der Waals surface area (Å²) in [5.41, 5.74) is 1.58. The van der Waals surface area contributed by atoms with Gasteiger partial charge >= 0.3 is 0 Å². The Morgan fingerprint density at radius 1 is 1.23 bits per heavy atom. The first kappa shape index (κ1) is 10.8. The largest absolute Gasteiger partial charge is 0.497 e. The van der Waals surface area contributed by atoms with E-state index in [1.165, 1.54) is 9.13 Å². The lowest BCUT2D eigenvalue weighted by atomic mass is 9.87. The summed E-state index contributed by atoms with van der Waals surface area (Å²) in [5, 5.41) is 0. The van der Waals surface area contributed by atoms with Gasteiger partial charge in [0.05, 0.1) is 7.11 Å². The van der Waals surface area contributed by atoms with Gasteiger partial charge in [0.1, 0.15) is 5.75 Å². The van der Waals surface area contributed by atoms with Gasteiger partial charge in [-0.1, -0.05) is 26.8 Å². The van der Waals surface area contributed by atoms with Gasteiger partial charge in [-0.15, -0.1) is 0 Å². The molecule has 0 spiro atoms. The van der Waals surface area contributed by atoms with Crippen LogP contribution in [0.3, 0.4) is 0 Å². The van der Waals surface area contributed by atoms with Crippen molar-refractivity contribution in [2.75, 3.05) is 7.11 Å². The molecule has 0 aliphatic heterocycles. The molecular formula is C11H15IO. The molecule has 0 saturated carbocycles. The standard InChI is InChI=1S/C11H15IO/c1-11(2,3)9-6-5-8(13-4)7-10(9)12/h5-7H,1-4H3. The molecule has 13 heavy (non-hydrogen) atoms. The van der Waals surface area contributed by atoms with Crippen LogP contribution in [0.2, 0.25) is 0 Å². The van der Waals surface area contributed by atoms with E-state index in [4.69, 9.17) is 4.74 Å². The molecule has 1 rings (SSSR count). The molecule has 0 aliphatic carbocycles. The molecule has 0 aliphatic rings. The molecule has 2 heteroatoms. The van der Waals surface area contributed by atoms with Crippen LogP contribution in [0.4, 0.5) is 0 Å². The number of methoxy groups -OCH3 is 1. The highest BCUT2D eigenvalue weighted by atomic mass is 127. The lowest BCUT2D eigenvalue weighted by Gasteiger charge is -2.21. The molecule has 0 N–H and O–H groups in total. The number of rotatable bonds is 1. The minimum Gasteiger partial charge on any atom is -0.497 e. The topological polar surface area (TPSA) is 9.23 Å². The van der Waals surface area contributed by atoms with Crippen molar-refractivity contribution in [3.63, 3.8) is 0 Å². The minimum atomic E-state index is 0.211. The summed E-state index contributed by atoms with van der Waals surface area (Å²) in [6.07, 6.45) is 0. The molecule has 0 radical (unpaired) electrons. The molecule has 0 aromatic heterocycles. The fourth-order valence-electron chi connectivity index (χ4n) is 1.23. The Bertz CT molecular complexity index is 299. The first-order valence-corrected chi connectivity index (χ1v) is 5.37. The molecule has 0 bridgehead atoms. The molecule has 0 fully saturated rings. The van der Waals surface area contributed by atoms with E-state index < -0.39 is 0 Å². The third-order valence-corrected chi connectivity index (χ3v) is 2.88. The SMILES string of the molecule is COc1ccc(C(C)(C)C)c(I)c1. The average molecular weight is 290 g/mol. The smallest absolute Gasteiger partial charge is 0.119 e. The summed E-state index contributed by atoms with van der Waals surface area (Å²) in [4.78, 5) is 0. The van der Waals surface area contributed by atoms with Crippen molar-refractivity contribution in [3.05, 3.63) is 27.3 Å². The predicted molar refractivity (Wildman–Crippen MR) is 64.4 cm³/mol. The average Bonchev–Trinajstić information content (AvgIpc) is 2.01. The highest BCUT2D eigenvalue weighted by molar-refractivity contribution is 14.1. The Hall–Kier alpha value is -0.250. The van der Waals surface area contributed by atoms with E-state index in [-0.39, 0.29) is 5.41 Å². The molecule has 1 nitrogen and oxygen atoms in total. The van der Waals surface area contributed by atoms with Crippen LogP contribution >= 0.6 is 22.6 Å². The van der Waals surface area contributed by atoms with Crippen LogP contribution in [0.5, 0.6) is 5.75 Å². The summed E-state index contributed by atoms with van der Waals surface area (Å²) < 4.78 is 6.43. The third kappa shape index (κ3) is 2.59. The fourth-order valence-corrected chi connectivity index (χ4v) is 2.53. The monoisotopic (exact) mass is 290 g/mol. The lowest BCUT2D eigenvalue weighted by molar-refractivity contribution is 0.413. The van der Waals surface area contributed by atoms with Crippen molar-refractivity contribution in [1.29, 1.82) is 0 Å². The van der Waals surface area contributed by atoms with Gasteiger partial charge in [-0.25, -0.2) is 0 Å². The Morgan fingerprint density at radius 3 is 2.23 bits per heavy atom. The zero-order valence-electron chi connectivity index (χ0n) is 8.52. The van der Waals surface area contributed by atoms with Crippen LogP contribution in [0.1, 0.15) is 26.3 Å². The summed E-state index contributed by atoms with van der Waals surface area (Å²) in [6, 6.07) is 6.23. The normalized spacial score (nSPS) is 11.5. The van der Waals surface area contributed by atoms with Gasteiger partial charge in [0.2, 0.25) is 0 Å².